The van der Waals surface area contributed by atoms with Gasteiger partial charge in [0.05, 0.1) is 15.6 Å². The molecule has 98 valence electrons. The van der Waals surface area contributed by atoms with Crippen LogP contribution in [0.2, 0.25) is 0 Å². The van der Waals surface area contributed by atoms with E-state index in [9.17, 15) is 14.0 Å². The molecule has 0 radical (unpaired) electrons. The predicted octanol–water partition coefficient (Wildman–Crippen LogP) is 3.60. The van der Waals surface area contributed by atoms with Gasteiger partial charge in [-0.3, -0.25) is 4.79 Å². The van der Waals surface area contributed by atoms with Crippen molar-refractivity contribution in [2.24, 2.45) is 0 Å². The molecule has 2 rings (SSSR count). The Morgan fingerprint density at radius 3 is 2.68 bits per heavy atom. The monoisotopic (exact) mass is 343 g/mol. The first-order valence-corrected chi connectivity index (χ1v) is 6.74. The van der Waals surface area contributed by atoms with Crippen LogP contribution in [0.3, 0.4) is 0 Å². The van der Waals surface area contributed by atoms with E-state index in [0.717, 1.165) is 11.3 Å². The third kappa shape index (κ3) is 2.82. The number of hydrogen-bond acceptors (Lipinski definition) is 3. The minimum absolute atomic E-state index is 0.0197. The molecule has 0 aliphatic carbocycles. The maximum Gasteiger partial charge on any atom is 0.338 e. The van der Waals surface area contributed by atoms with Crippen LogP contribution in [-0.4, -0.2) is 17.0 Å². The number of benzene rings is 1. The van der Waals surface area contributed by atoms with Crippen molar-refractivity contribution in [2.45, 2.75) is 0 Å². The molecule has 1 aromatic carbocycles. The Hall–Kier alpha value is -1.73. The fraction of sp³-hybridized carbons (Fsp3) is 0. The highest BCUT2D eigenvalue weighted by atomic mass is 79.9. The number of carboxylic acids is 1. The first kappa shape index (κ1) is 13.7. The van der Waals surface area contributed by atoms with Crippen LogP contribution in [0.1, 0.15) is 20.7 Å². The molecule has 19 heavy (non-hydrogen) atoms. The van der Waals surface area contributed by atoms with Gasteiger partial charge in [0.15, 0.2) is 0 Å². The molecule has 7 heteroatoms. The molecule has 1 aromatic heterocycles. The van der Waals surface area contributed by atoms with Gasteiger partial charge < -0.3 is 10.4 Å². The number of rotatable bonds is 3. The minimum Gasteiger partial charge on any atom is -0.478 e. The Bertz CT molecular complexity index is 656. The quantitative estimate of drug-likeness (QED) is 0.894. The maximum absolute atomic E-state index is 13.7. The van der Waals surface area contributed by atoms with E-state index in [1.807, 2.05) is 0 Å². The van der Waals surface area contributed by atoms with E-state index in [1.54, 1.807) is 0 Å². The number of hydrogen-bond donors (Lipinski definition) is 2. The van der Waals surface area contributed by atoms with E-state index in [1.165, 1.54) is 29.6 Å². The molecule has 0 spiro atoms. The first-order chi connectivity index (χ1) is 9.00. The van der Waals surface area contributed by atoms with E-state index < -0.39 is 17.7 Å². The largest absolute Gasteiger partial charge is 0.478 e. The summed E-state index contributed by atoms with van der Waals surface area (Å²) in [5, 5.41) is 13.0. The second-order valence-corrected chi connectivity index (χ2v) is 5.29. The maximum atomic E-state index is 13.7. The van der Waals surface area contributed by atoms with E-state index in [2.05, 4.69) is 21.2 Å². The molecule has 2 aromatic rings. The highest BCUT2D eigenvalue weighted by molar-refractivity contribution is 9.10. The molecule has 0 fully saturated rings. The van der Waals surface area contributed by atoms with E-state index >= 15 is 0 Å². The third-order valence-corrected chi connectivity index (χ3v) is 3.76. The summed E-state index contributed by atoms with van der Waals surface area (Å²) in [5.41, 5.74) is -0.173. The number of anilines is 1. The second kappa shape index (κ2) is 5.50. The number of nitrogens with one attached hydrogen (secondary N) is 1. The van der Waals surface area contributed by atoms with Gasteiger partial charge in [0, 0.05) is 0 Å². The number of thiophene rings is 1. The van der Waals surface area contributed by atoms with Crippen molar-refractivity contribution in [2.75, 3.05) is 5.32 Å². The summed E-state index contributed by atoms with van der Waals surface area (Å²) < 4.78 is 13.9. The molecule has 0 unspecified atom stereocenters. The molecule has 1 heterocycles. The topological polar surface area (TPSA) is 66.4 Å². The lowest BCUT2D eigenvalue weighted by Gasteiger charge is -2.06. The third-order valence-electron chi connectivity index (χ3n) is 2.32. The average Bonchev–Trinajstić information content (AvgIpc) is 2.80. The summed E-state index contributed by atoms with van der Waals surface area (Å²) in [5.74, 6) is -2.52. The Labute approximate surface area is 120 Å². The average molecular weight is 344 g/mol. The zero-order valence-corrected chi connectivity index (χ0v) is 11.7. The lowest BCUT2D eigenvalue weighted by atomic mass is 10.2. The fourth-order valence-corrected chi connectivity index (χ4v) is 2.56. The van der Waals surface area contributed by atoms with Crippen LogP contribution >= 0.6 is 27.3 Å². The number of halogens is 2. The van der Waals surface area contributed by atoms with Gasteiger partial charge in [-0.25, -0.2) is 9.18 Å². The summed E-state index contributed by atoms with van der Waals surface area (Å²) in [6.07, 6.45) is 0. The molecule has 2 N–H and O–H groups in total. The van der Waals surface area contributed by atoms with Crippen LogP contribution in [0.15, 0.2) is 34.1 Å². The smallest absolute Gasteiger partial charge is 0.338 e. The SMILES string of the molecule is O=C(O)c1ccsc1NC(=O)c1cccc(Br)c1F. The van der Waals surface area contributed by atoms with Crippen molar-refractivity contribution in [1.82, 2.24) is 0 Å². The Morgan fingerprint density at radius 2 is 2.00 bits per heavy atom. The molecular formula is C12H7BrFNO3S. The normalized spacial score (nSPS) is 10.2. The molecule has 1 amide bonds. The van der Waals surface area contributed by atoms with Crippen LogP contribution in [0.4, 0.5) is 9.39 Å². The molecule has 4 nitrogen and oxygen atoms in total. The summed E-state index contributed by atoms with van der Waals surface area (Å²) in [7, 11) is 0. The van der Waals surface area contributed by atoms with Gasteiger partial charge in [-0.15, -0.1) is 11.3 Å². The van der Waals surface area contributed by atoms with Gasteiger partial charge in [-0.05, 0) is 39.5 Å². The van der Waals surface area contributed by atoms with Crippen molar-refractivity contribution < 1.29 is 19.1 Å². The fourth-order valence-electron chi connectivity index (χ4n) is 1.42. The Kier molecular flexibility index (Phi) is 3.96. The van der Waals surface area contributed by atoms with Gasteiger partial charge in [-0.1, -0.05) is 6.07 Å². The first-order valence-electron chi connectivity index (χ1n) is 5.07. The standard InChI is InChI=1S/C12H7BrFNO3S/c13-8-3-1-2-6(9(8)14)10(16)15-11-7(12(17)18)4-5-19-11/h1-5H,(H,15,16)(H,17,18). The van der Waals surface area contributed by atoms with Crippen molar-refractivity contribution in [1.29, 1.82) is 0 Å². The molecule has 0 aliphatic rings. The van der Waals surface area contributed by atoms with Crippen molar-refractivity contribution in [3.63, 3.8) is 0 Å². The van der Waals surface area contributed by atoms with Gasteiger partial charge in [-0.2, -0.15) is 0 Å². The van der Waals surface area contributed by atoms with E-state index in [-0.39, 0.29) is 20.6 Å². The highest BCUT2D eigenvalue weighted by Crippen LogP contribution is 2.25. The van der Waals surface area contributed by atoms with Crippen molar-refractivity contribution in [3.8, 4) is 0 Å². The lowest BCUT2D eigenvalue weighted by Crippen LogP contribution is -2.15. The van der Waals surface area contributed by atoms with Gasteiger partial charge >= 0.3 is 5.97 Å². The van der Waals surface area contributed by atoms with Crippen LogP contribution < -0.4 is 5.32 Å². The van der Waals surface area contributed by atoms with Gasteiger partial charge in [0.1, 0.15) is 10.8 Å². The molecule has 0 bridgehead atoms. The molecular weight excluding hydrogens is 337 g/mol. The number of carbonyl (C=O) groups is 2. The van der Waals surface area contributed by atoms with Gasteiger partial charge in [0.25, 0.3) is 5.91 Å². The summed E-state index contributed by atoms with van der Waals surface area (Å²) in [6, 6.07) is 5.69. The Balaban J connectivity index is 2.29. The van der Waals surface area contributed by atoms with Crippen LogP contribution in [0.5, 0.6) is 0 Å². The van der Waals surface area contributed by atoms with E-state index in [0.29, 0.717) is 0 Å². The van der Waals surface area contributed by atoms with Crippen LogP contribution in [0, 0.1) is 5.82 Å². The van der Waals surface area contributed by atoms with Crippen molar-refractivity contribution in [3.05, 3.63) is 51.1 Å². The minimum atomic E-state index is -1.15. The summed E-state index contributed by atoms with van der Waals surface area (Å²) in [4.78, 5) is 22.8. The summed E-state index contributed by atoms with van der Waals surface area (Å²) in [6.45, 7) is 0. The molecule has 0 saturated heterocycles. The number of carbonyl (C=O) groups excluding carboxylic acids is 1. The zero-order chi connectivity index (χ0) is 14.0. The van der Waals surface area contributed by atoms with Crippen LogP contribution in [-0.2, 0) is 0 Å². The van der Waals surface area contributed by atoms with Gasteiger partial charge in [0.2, 0.25) is 0 Å². The molecule has 0 aliphatic heterocycles. The highest BCUT2D eigenvalue weighted by Gasteiger charge is 2.18. The second-order valence-electron chi connectivity index (χ2n) is 3.52. The predicted molar refractivity (Wildman–Crippen MR) is 73.3 cm³/mol. The molecule has 0 atom stereocenters. The molecule has 0 saturated carbocycles. The Morgan fingerprint density at radius 1 is 1.26 bits per heavy atom. The number of amides is 1. The van der Waals surface area contributed by atoms with E-state index in [4.69, 9.17) is 5.11 Å². The zero-order valence-electron chi connectivity index (χ0n) is 9.31. The van der Waals surface area contributed by atoms with Crippen molar-refractivity contribution >= 4 is 44.1 Å². The number of aromatic carboxylic acids is 1. The lowest BCUT2D eigenvalue weighted by molar-refractivity contribution is 0.0698. The van der Waals surface area contributed by atoms with Crippen LogP contribution in [0.25, 0.3) is 0 Å². The number of carboxylic acid groups (broad SMARTS) is 1. The summed E-state index contributed by atoms with van der Waals surface area (Å²) >= 11 is 4.05.